The van der Waals surface area contributed by atoms with Crippen LogP contribution in [0.4, 0.5) is 5.13 Å². The van der Waals surface area contributed by atoms with Crippen molar-refractivity contribution in [2.24, 2.45) is 0 Å². The molecule has 3 aromatic rings. The number of aromatic nitrogens is 1. The fourth-order valence-electron chi connectivity index (χ4n) is 4.04. The van der Waals surface area contributed by atoms with Crippen molar-refractivity contribution in [2.75, 3.05) is 12.0 Å². The molecule has 35 heavy (non-hydrogen) atoms. The molecule has 0 aliphatic carbocycles. The summed E-state index contributed by atoms with van der Waals surface area (Å²) in [5.74, 6) is -1.37. The Morgan fingerprint density at radius 3 is 2.29 bits per heavy atom. The van der Waals surface area contributed by atoms with E-state index < -0.39 is 17.7 Å². The second-order valence-corrected chi connectivity index (χ2v) is 11.1. The van der Waals surface area contributed by atoms with E-state index in [0.29, 0.717) is 22.0 Å². The first-order valence-corrected chi connectivity index (χ1v) is 12.3. The third kappa shape index (κ3) is 4.46. The summed E-state index contributed by atoms with van der Waals surface area (Å²) in [5.41, 5.74) is 2.84. The molecule has 0 radical (unpaired) electrons. The number of hydrogen-bond acceptors (Lipinski definition) is 6. The number of benzene rings is 2. The summed E-state index contributed by atoms with van der Waals surface area (Å²) in [6.07, 6.45) is 0. The molecule has 4 rings (SSSR count). The van der Waals surface area contributed by atoms with Crippen molar-refractivity contribution >= 4 is 45.5 Å². The molecule has 2 aromatic carbocycles. The number of carbonyl (C=O) groups excluding carboxylic acids is 2. The van der Waals surface area contributed by atoms with Crippen LogP contribution in [0.25, 0.3) is 5.76 Å². The Morgan fingerprint density at radius 2 is 1.77 bits per heavy atom. The molecule has 6 nitrogen and oxygen atoms in total. The molecular formula is C27H27ClN2O4S. The molecule has 1 saturated heterocycles. The van der Waals surface area contributed by atoms with E-state index in [0.717, 1.165) is 16.1 Å². The van der Waals surface area contributed by atoms with Gasteiger partial charge in [0.25, 0.3) is 5.78 Å². The van der Waals surface area contributed by atoms with Crippen molar-refractivity contribution in [2.45, 2.75) is 46.1 Å². The van der Waals surface area contributed by atoms with Crippen LogP contribution in [0, 0.1) is 13.8 Å². The first kappa shape index (κ1) is 24.9. The molecular weight excluding hydrogens is 484 g/mol. The smallest absolute Gasteiger partial charge is 0.301 e. The fourth-order valence-corrected chi connectivity index (χ4v) is 5.23. The summed E-state index contributed by atoms with van der Waals surface area (Å²) in [5, 5.41) is 12.0. The first-order valence-electron chi connectivity index (χ1n) is 11.1. The number of amides is 1. The van der Waals surface area contributed by atoms with Crippen LogP contribution < -0.4 is 9.64 Å². The molecule has 182 valence electrons. The predicted octanol–water partition coefficient (Wildman–Crippen LogP) is 6.35. The minimum Gasteiger partial charge on any atom is -0.507 e. The van der Waals surface area contributed by atoms with Crippen molar-refractivity contribution in [1.82, 2.24) is 4.98 Å². The predicted molar refractivity (Wildman–Crippen MR) is 140 cm³/mol. The van der Waals surface area contributed by atoms with Crippen LogP contribution in [0.1, 0.15) is 54.1 Å². The molecule has 2 heterocycles. The standard InChI is InChI=1S/C27H27ClN2O4S/c1-14-15(2)35-26(29-14)30-22(16-7-10-18(11-8-16)27(3,4)5)21(24(32)25(30)33)23(31)17-9-12-20(34-6)19(28)13-17/h7-13,22,31H,1-6H3/b23-21+/t22-/m1/s1. The Labute approximate surface area is 213 Å². The Bertz CT molecular complexity index is 1330. The molecule has 8 heteroatoms. The lowest BCUT2D eigenvalue weighted by Gasteiger charge is -2.25. The van der Waals surface area contributed by atoms with Gasteiger partial charge >= 0.3 is 5.91 Å². The molecule has 1 aliphatic heterocycles. The zero-order chi connectivity index (χ0) is 25.7. The van der Waals surface area contributed by atoms with Gasteiger partial charge in [-0.05, 0) is 48.6 Å². The third-order valence-electron chi connectivity index (χ3n) is 6.19. The maximum Gasteiger partial charge on any atom is 0.301 e. The minimum absolute atomic E-state index is 0.00903. The molecule has 1 aromatic heterocycles. The number of rotatable bonds is 4. The number of halogens is 1. The van der Waals surface area contributed by atoms with E-state index in [1.165, 1.54) is 29.4 Å². The van der Waals surface area contributed by atoms with Gasteiger partial charge in [-0.15, -0.1) is 11.3 Å². The number of Topliss-reactive ketones (excluding diaryl/α,β-unsaturated/α-hetero) is 1. The van der Waals surface area contributed by atoms with E-state index in [1.54, 1.807) is 12.1 Å². The van der Waals surface area contributed by atoms with Gasteiger partial charge in [-0.25, -0.2) is 4.98 Å². The zero-order valence-corrected chi connectivity index (χ0v) is 22.0. The molecule has 0 spiro atoms. The average molecular weight is 511 g/mol. The molecule has 1 atom stereocenters. The van der Waals surface area contributed by atoms with Crippen molar-refractivity contribution < 1.29 is 19.4 Å². The Kier molecular flexibility index (Phi) is 6.51. The maximum atomic E-state index is 13.3. The zero-order valence-electron chi connectivity index (χ0n) is 20.5. The molecule has 0 saturated carbocycles. The molecule has 0 unspecified atom stereocenters. The van der Waals surface area contributed by atoms with Crippen LogP contribution >= 0.6 is 22.9 Å². The number of thiazole rings is 1. The Hall–Kier alpha value is -3.16. The van der Waals surface area contributed by atoms with E-state index in [-0.39, 0.29) is 21.8 Å². The monoisotopic (exact) mass is 510 g/mol. The molecule has 1 aliphatic rings. The number of aliphatic hydroxyl groups is 1. The molecule has 0 bridgehead atoms. The van der Waals surface area contributed by atoms with Crippen LogP contribution in [0.15, 0.2) is 48.0 Å². The van der Waals surface area contributed by atoms with Gasteiger partial charge in [-0.1, -0.05) is 56.6 Å². The van der Waals surface area contributed by atoms with Gasteiger partial charge in [0.05, 0.1) is 29.4 Å². The fraction of sp³-hybridized carbons (Fsp3) is 0.296. The van der Waals surface area contributed by atoms with Crippen LogP contribution in [0.5, 0.6) is 5.75 Å². The lowest BCUT2D eigenvalue weighted by atomic mass is 9.85. The van der Waals surface area contributed by atoms with Gasteiger partial charge < -0.3 is 9.84 Å². The highest BCUT2D eigenvalue weighted by Crippen LogP contribution is 2.44. The van der Waals surface area contributed by atoms with Gasteiger partial charge in [0, 0.05) is 10.4 Å². The van der Waals surface area contributed by atoms with Gasteiger partial charge in [-0.3, -0.25) is 14.5 Å². The van der Waals surface area contributed by atoms with Crippen molar-refractivity contribution in [3.8, 4) is 5.75 Å². The Morgan fingerprint density at radius 1 is 1.11 bits per heavy atom. The van der Waals surface area contributed by atoms with Crippen LogP contribution in [0.3, 0.4) is 0 Å². The van der Waals surface area contributed by atoms with E-state index in [9.17, 15) is 14.7 Å². The number of aryl methyl sites for hydroxylation is 2. The summed E-state index contributed by atoms with van der Waals surface area (Å²) in [6.45, 7) is 10.1. The second kappa shape index (κ2) is 9.13. The quantitative estimate of drug-likeness (QED) is 0.251. The first-order chi connectivity index (χ1) is 16.4. The van der Waals surface area contributed by atoms with E-state index in [1.807, 2.05) is 38.1 Å². The minimum atomic E-state index is -0.838. The highest BCUT2D eigenvalue weighted by atomic mass is 35.5. The lowest BCUT2D eigenvalue weighted by Crippen LogP contribution is -2.29. The molecule has 1 fully saturated rings. The summed E-state index contributed by atoms with van der Waals surface area (Å²) in [7, 11) is 1.49. The summed E-state index contributed by atoms with van der Waals surface area (Å²) >= 11 is 7.61. The maximum absolute atomic E-state index is 13.3. The summed E-state index contributed by atoms with van der Waals surface area (Å²) in [4.78, 5) is 33.5. The SMILES string of the molecule is COc1ccc(/C(O)=C2\C(=O)C(=O)N(c3nc(C)c(C)s3)[C@@H]2c2ccc(C(C)(C)C)cc2)cc1Cl. The number of nitrogens with zero attached hydrogens (tertiary/aromatic N) is 2. The van der Waals surface area contributed by atoms with Crippen molar-refractivity contribution in [3.05, 3.63) is 80.3 Å². The van der Waals surface area contributed by atoms with Crippen LogP contribution in [-0.2, 0) is 15.0 Å². The van der Waals surface area contributed by atoms with E-state index in [2.05, 4.69) is 25.8 Å². The van der Waals surface area contributed by atoms with Gasteiger partial charge in [0.1, 0.15) is 11.5 Å². The largest absolute Gasteiger partial charge is 0.507 e. The van der Waals surface area contributed by atoms with Crippen molar-refractivity contribution in [1.29, 1.82) is 0 Å². The van der Waals surface area contributed by atoms with Crippen molar-refractivity contribution in [3.63, 3.8) is 0 Å². The topological polar surface area (TPSA) is 79.7 Å². The highest BCUT2D eigenvalue weighted by molar-refractivity contribution is 7.16. The van der Waals surface area contributed by atoms with Gasteiger partial charge in [0.2, 0.25) is 0 Å². The molecule has 1 amide bonds. The van der Waals surface area contributed by atoms with Gasteiger partial charge in [-0.2, -0.15) is 0 Å². The average Bonchev–Trinajstić information content (AvgIpc) is 3.27. The Balaban J connectivity index is 1.93. The number of hydrogen-bond donors (Lipinski definition) is 1. The van der Waals surface area contributed by atoms with E-state index >= 15 is 0 Å². The summed E-state index contributed by atoms with van der Waals surface area (Å²) < 4.78 is 5.19. The molecule has 1 N–H and O–H groups in total. The summed E-state index contributed by atoms with van der Waals surface area (Å²) in [6, 6.07) is 11.6. The normalized spacial score (nSPS) is 17.8. The second-order valence-electron chi connectivity index (χ2n) is 9.53. The number of ketones is 1. The number of carbonyl (C=O) groups is 2. The lowest BCUT2D eigenvalue weighted by molar-refractivity contribution is -0.132. The van der Waals surface area contributed by atoms with Crippen LogP contribution in [-0.4, -0.2) is 28.9 Å². The number of methoxy groups -OCH3 is 1. The third-order valence-corrected chi connectivity index (χ3v) is 7.55. The number of ether oxygens (including phenoxy) is 1. The number of aliphatic hydroxyl groups excluding tert-OH is 1. The number of anilines is 1. The van der Waals surface area contributed by atoms with Crippen LogP contribution in [0.2, 0.25) is 5.02 Å². The highest BCUT2D eigenvalue weighted by Gasteiger charge is 2.48. The van der Waals surface area contributed by atoms with E-state index in [4.69, 9.17) is 16.3 Å². The van der Waals surface area contributed by atoms with Gasteiger partial charge in [0.15, 0.2) is 5.13 Å².